The summed E-state index contributed by atoms with van der Waals surface area (Å²) < 4.78 is 24.8. The molecular weight excluding hydrogens is 298 g/mol. The maximum Gasteiger partial charge on any atom is 0.237 e. The summed E-state index contributed by atoms with van der Waals surface area (Å²) in [6, 6.07) is 0. The quantitative estimate of drug-likeness (QED) is 0.750. The minimum atomic E-state index is -3.26. The lowest BCUT2D eigenvalue weighted by Crippen LogP contribution is -2.48. The summed E-state index contributed by atoms with van der Waals surface area (Å²) >= 11 is 0. The van der Waals surface area contributed by atoms with Crippen molar-refractivity contribution < 1.29 is 13.2 Å². The first-order valence-corrected chi connectivity index (χ1v) is 10.4. The van der Waals surface area contributed by atoms with Crippen molar-refractivity contribution in [1.29, 1.82) is 0 Å². The highest BCUT2D eigenvalue weighted by Gasteiger charge is 2.38. The molecule has 1 spiro atoms. The molecule has 1 saturated heterocycles. The van der Waals surface area contributed by atoms with Gasteiger partial charge in [0, 0.05) is 13.1 Å². The van der Waals surface area contributed by atoms with Crippen LogP contribution >= 0.6 is 0 Å². The van der Waals surface area contributed by atoms with Crippen LogP contribution in [0.5, 0.6) is 0 Å². The molecule has 0 radical (unpaired) electrons. The lowest BCUT2D eigenvalue weighted by Gasteiger charge is -2.44. The molecule has 0 N–H and O–H groups in total. The molecule has 0 unspecified atom stereocenters. The zero-order chi connectivity index (χ0) is 15.6. The Kier molecular flexibility index (Phi) is 4.62. The molecule has 124 valence electrons. The van der Waals surface area contributed by atoms with E-state index in [1.165, 1.54) is 0 Å². The number of piperidine rings is 1. The highest BCUT2D eigenvalue weighted by molar-refractivity contribution is 7.92. The third-order valence-corrected chi connectivity index (χ3v) is 7.84. The SMILES string of the molecule is O=C(CS(=O)(=O)C1CCCC1)N1CCC[C@@]2(CC=CCC2)C1. The van der Waals surface area contributed by atoms with Gasteiger partial charge in [0.05, 0.1) is 5.25 Å². The van der Waals surface area contributed by atoms with Crippen LogP contribution in [0.25, 0.3) is 0 Å². The molecule has 1 heterocycles. The molecule has 0 aromatic heterocycles. The average molecular weight is 325 g/mol. The first-order chi connectivity index (χ1) is 10.5. The third kappa shape index (κ3) is 3.39. The van der Waals surface area contributed by atoms with Gasteiger partial charge in [0.2, 0.25) is 5.91 Å². The summed E-state index contributed by atoms with van der Waals surface area (Å²) in [5, 5.41) is -0.271. The van der Waals surface area contributed by atoms with Crippen molar-refractivity contribution >= 4 is 15.7 Å². The van der Waals surface area contributed by atoms with E-state index in [4.69, 9.17) is 0 Å². The van der Waals surface area contributed by atoms with Crippen LogP contribution in [-0.4, -0.2) is 43.3 Å². The smallest absolute Gasteiger partial charge is 0.237 e. The zero-order valence-electron chi connectivity index (χ0n) is 13.3. The second-order valence-electron chi connectivity index (χ2n) is 7.35. The van der Waals surface area contributed by atoms with E-state index in [0.717, 1.165) is 70.9 Å². The third-order valence-electron chi connectivity index (χ3n) is 5.71. The maximum absolute atomic E-state index is 12.5. The molecule has 5 heteroatoms. The Hall–Kier alpha value is -0.840. The summed E-state index contributed by atoms with van der Waals surface area (Å²) in [5.74, 6) is -0.440. The molecule has 22 heavy (non-hydrogen) atoms. The van der Waals surface area contributed by atoms with Crippen molar-refractivity contribution in [2.45, 2.75) is 63.0 Å². The Morgan fingerprint density at radius 1 is 1.14 bits per heavy atom. The average Bonchev–Trinajstić information content (AvgIpc) is 3.03. The van der Waals surface area contributed by atoms with Gasteiger partial charge >= 0.3 is 0 Å². The predicted molar refractivity (Wildman–Crippen MR) is 87.3 cm³/mol. The van der Waals surface area contributed by atoms with Gasteiger partial charge < -0.3 is 4.90 Å². The number of sulfone groups is 1. The van der Waals surface area contributed by atoms with Gasteiger partial charge in [-0.05, 0) is 50.4 Å². The van der Waals surface area contributed by atoms with Crippen molar-refractivity contribution in [2.75, 3.05) is 18.8 Å². The molecule has 1 atom stereocenters. The fourth-order valence-electron chi connectivity index (χ4n) is 4.36. The van der Waals surface area contributed by atoms with Crippen molar-refractivity contribution in [2.24, 2.45) is 5.41 Å². The molecule has 1 aliphatic heterocycles. The fraction of sp³-hybridized carbons (Fsp3) is 0.824. The Balaban J connectivity index is 1.63. The summed E-state index contributed by atoms with van der Waals surface area (Å²) in [7, 11) is -3.26. The molecule has 0 bridgehead atoms. The number of hydrogen-bond donors (Lipinski definition) is 0. The van der Waals surface area contributed by atoms with E-state index in [1.807, 2.05) is 4.90 Å². The molecule has 2 fully saturated rings. The maximum atomic E-state index is 12.5. The molecule has 3 aliphatic rings. The molecule has 1 saturated carbocycles. The van der Waals surface area contributed by atoms with Crippen molar-refractivity contribution in [3.05, 3.63) is 12.2 Å². The summed E-state index contributed by atoms with van der Waals surface area (Å²) in [6.07, 6.45) is 13.3. The van der Waals surface area contributed by atoms with Crippen molar-refractivity contribution in [3.63, 3.8) is 0 Å². The molecular formula is C17H27NO3S. The van der Waals surface area contributed by atoms with Crippen LogP contribution in [-0.2, 0) is 14.6 Å². The first kappa shape index (κ1) is 16.0. The number of nitrogens with zero attached hydrogens (tertiary/aromatic N) is 1. The lowest BCUT2D eigenvalue weighted by atomic mass is 9.71. The number of likely N-dealkylation sites (tertiary alicyclic amines) is 1. The van der Waals surface area contributed by atoms with E-state index >= 15 is 0 Å². The van der Waals surface area contributed by atoms with Crippen molar-refractivity contribution in [3.8, 4) is 0 Å². The van der Waals surface area contributed by atoms with Crippen LogP contribution in [0.2, 0.25) is 0 Å². The van der Waals surface area contributed by atoms with Crippen LogP contribution in [0.1, 0.15) is 57.8 Å². The van der Waals surface area contributed by atoms with Gasteiger partial charge in [0.15, 0.2) is 9.84 Å². The minimum absolute atomic E-state index is 0.166. The fourth-order valence-corrected chi connectivity index (χ4v) is 6.18. The Morgan fingerprint density at radius 2 is 1.91 bits per heavy atom. The molecule has 0 aromatic carbocycles. The normalized spacial score (nSPS) is 30.1. The van der Waals surface area contributed by atoms with Crippen LogP contribution < -0.4 is 0 Å². The highest BCUT2D eigenvalue weighted by Crippen LogP contribution is 2.40. The molecule has 3 rings (SSSR count). The Labute approximate surface area is 133 Å². The van der Waals surface area contributed by atoms with Gasteiger partial charge in [-0.1, -0.05) is 25.0 Å². The van der Waals surface area contributed by atoms with Gasteiger partial charge in [-0.25, -0.2) is 8.42 Å². The summed E-state index contributed by atoms with van der Waals surface area (Å²) in [4.78, 5) is 14.4. The van der Waals surface area contributed by atoms with E-state index in [0.29, 0.717) is 0 Å². The number of hydrogen-bond acceptors (Lipinski definition) is 3. The predicted octanol–water partition coefficient (Wildman–Crippen LogP) is 2.69. The van der Waals surface area contributed by atoms with Crippen LogP contribution in [0.15, 0.2) is 12.2 Å². The highest BCUT2D eigenvalue weighted by atomic mass is 32.2. The molecule has 4 nitrogen and oxygen atoms in total. The van der Waals surface area contributed by atoms with E-state index in [1.54, 1.807) is 0 Å². The standard InChI is InChI=1S/C17H27NO3S/c19-16(13-22(20,21)15-7-2-3-8-15)18-12-6-11-17(14-18)9-4-1-5-10-17/h1,4,15H,2-3,5-14H2/t17-/m0/s1. The van der Waals surface area contributed by atoms with Gasteiger partial charge in [-0.15, -0.1) is 0 Å². The van der Waals surface area contributed by atoms with E-state index in [9.17, 15) is 13.2 Å². The monoisotopic (exact) mass is 325 g/mol. The Bertz CT molecular complexity index is 548. The van der Waals surface area contributed by atoms with Crippen LogP contribution in [0.3, 0.4) is 0 Å². The molecule has 1 amide bonds. The van der Waals surface area contributed by atoms with E-state index < -0.39 is 9.84 Å². The van der Waals surface area contributed by atoms with Gasteiger partial charge in [-0.2, -0.15) is 0 Å². The number of amides is 1. The summed E-state index contributed by atoms with van der Waals surface area (Å²) in [6.45, 7) is 1.47. The van der Waals surface area contributed by atoms with E-state index in [-0.39, 0.29) is 22.3 Å². The second-order valence-corrected chi connectivity index (χ2v) is 9.63. The van der Waals surface area contributed by atoms with Crippen LogP contribution in [0.4, 0.5) is 0 Å². The lowest BCUT2D eigenvalue weighted by molar-refractivity contribution is -0.132. The zero-order valence-corrected chi connectivity index (χ0v) is 14.1. The summed E-state index contributed by atoms with van der Waals surface area (Å²) in [5.41, 5.74) is 0.208. The van der Waals surface area contributed by atoms with Gasteiger partial charge in [0.25, 0.3) is 0 Å². The number of allylic oxidation sites excluding steroid dienone is 2. The molecule has 2 aliphatic carbocycles. The van der Waals surface area contributed by atoms with Crippen molar-refractivity contribution in [1.82, 2.24) is 4.90 Å². The topological polar surface area (TPSA) is 54.5 Å². The minimum Gasteiger partial charge on any atom is -0.341 e. The number of rotatable bonds is 3. The largest absolute Gasteiger partial charge is 0.341 e. The van der Waals surface area contributed by atoms with Gasteiger partial charge in [0.1, 0.15) is 5.75 Å². The first-order valence-electron chi connectivity index (χ1n) is 8.65. The van der Waals surface area contributed by atoms with E-state index in [2.05, 4.69) is 12.2 Å². The van der Waals surface area contributed by atoms with Gasteiger partial charge in [-0.3, -0.25) is 4.79 Å². The second kappa shape index (κ2) is 6.34. The number of carbonyl (C=O) groups excluding carboxylic acids is 1. The molecule has 0 aromatic rings. The number of carbonyl (C=O) groups is 1. The van der Waals surface area contributed by atoms with Crippen LogP contribution in [0, 0.1) is 5.41 Å². The Morgan fingerprint density at radius 3 is 2.59 bits per heavy atom.